The minimum atomic E-state index is -0.750. The number of alkyl halides is 1. The lowest BCUT2D eigenvalue weighted by atomic mass is 10.3. The normalized spacial score (nSPS) is 13.4. The van der Waals surface area contributed by atoms with E-state index in [9.17, 15) is 4.79 Å². The monoisotopic (exact) mass is 136 g/mol. The maximum atomic E-state index is 10.5. The van der Waals surface area contributed by atoms with Gasteiger partial charge in [0.1, 0.15) is 0 Å². The van der Waals surface area contributed by atoms with Gasteiger partial charge in [-0.15, -0.1) is 0 Å². The molecule has 0 aromatic heterocycles. The fraction of sp³-hybridized carbons (Fsp3) is 0.800. The van der Waals surface area contributed by atoms with Crippen molar-refractivity contribution < 1.29 is 9.53 Å². The number of ketones is 1. The molecule has 0 radical (unpaired) electrons. The van der Waals surface area contributed by atoms with Crippen LogP contribution in [0.3, 0.4) is 0 Å². The topological polar surface area (TPSA) is 26.3 Å². The Balaban J connectivity index is 3.46. The standard InChI is InChI=1S/C5H9ClO2/c1-3-4(7)5(6)8-2/h5H,3H2,1-2H3. The van der Waals surface area contributed by atoms with Crippen molar-refractivity contribution in [2.75, 3.05) is 7.11 Å². The second-order valence-corrected chi connectivity index (χ2v) is 1.77. The summed E-state index contributed by atoms with van der Waals surface area (Å²) in [6.45, 7) is 1.75. The molecule has 0 heterocycles. The predicted molar refractivity (Wildman–Crippen MR) is 31.9 cm³/mol. The number of carbonyl (C=O) groups excluding carboxylic acids is 1. The minimum Gasteiger partial charge on any atom is -0.358 e. The highest BCUT2D eigenvalue weighted by Crippen LogP contribution is 1.99. The van der Waals surface area contributed by atoms with Crippen molar-refractivity contribution in [3.8, 4) is 0 Å². The van der Waals surface area contributed by atoms with Crippen LogP contribution in [0.2, 0.25) is 0 Å². The lowest BCUT2D eigenvalue weighted by molar-refractivity contribution is -0.124. The summed E-state index contributed by atoms with van der Waals surface area (Å²) in [6.07, 6.45) is 0.433. The van der Waals surface area contributed by atoms with Gasteiger partial charge in [-0.25, -0.2) is 0 Å². The zero-order valence-electron chi connectivity index (χ0n) is 4.98. The first-order chi connectivity index (χ1) is 3.72. The molecular formula is C5H9ClO2. The van der Waals surface area contributed by atoms with Crippen molar-refractivity contribution in [2.24, 2.45) is 0 Å². The summed E-state index contributed by atoms with van der Waals surface area (Å²) in [4.78, 5) is 10.5. The smallest absolute Gasteiger partial charge is 0.188 e. The molecule has 8 heavy (non-hydrogen) atoms. The molecule has 0 fully saturated rings. The van der Waals surface area contributed by atoms with Gasteiger partial charge < -0.3 is 4.74 Å². The van der Waals surface area contributed by atoms with E-state index in [1.807, 2.05) is 0 Å². The molecule has 0 aliphatic heterocycles. The van der Waals surface area contributed by atoms with E-state index in [0.29, 0.717) is 6.42 Å². The quantitative estimate of drug-likeness (QED) is 0.545. The Kier molecular flexibility index (Phi) is 3.83. The van der Waals surface area contributed by atoms with Crippen LogP contribution in [-0.2, 0) is 9.53 Å². The molecule has 0 aromatic rings. The number of hydrogen-bond donors (Lipinski definition) is 0. The summed E-state index contributed by atoms with van der Waals surface area (Å²) in [5, 5.41) is 0. The Morgan fingerprint density at radius 2 is 2.38 bits per heavy atom. The summed E-state index contributed by atoms with van der Waals surface area (Å²) in [5.74, 6) is -0.0748. The van der Waals surface area contributed by atoms with E-state index in [-0.39, 0.29) is 5.78 Å². The maximum absolute atomic E-state index is 10.5. The Bertz CT molecular complexity index is 82.5. The van der Waals surface area contributed by atoms with Crippen LogP contribution in [0.1, 0.15) is 13.3 Å². The molecule has 0 bridgehead atoms. The maximum Gasteiger partial charge on any atom is 0.188 e. The number of carbonyl (C=O) groups is 1. The summed E-state index contributed by atoms with van der Waals surface area (Å²) >= 11 is 5.34. The van der Waals surface area contributed by atoms with Gasteiger partial charge in [-0.3, -0.25) is 4.79 Å². The Morgan fingerprint density at radius 1 is 1.88 bits per heavy atom. The Labute approximate surface area is 53.8 Å². The average Bonchev–Trinajstić information content (AvgIpc) is 1.84. The number of methoxy groups -OCH3 is 1. The van der Waals surface area contributed by atoms with Crippen molar-refractivity contribution in [1.29, 1.82) is 0 Å². The molecule has 3 heteroatoms. The molecule has 0 aliphatic carbocycles. The van der Waals surface area contributed by atoms with Gasteiger partial charge in [-0.1, -0.05) is 18.5 Å². The van der Waals surface area contributed by atoms with Gasteiger partial charge in [0.25, 0.3) is 0 Å². The van der Waals surface area contributed by atoms with E-state index >= 15 is 0 Å². The highest BCUT2D eigenvalue weighted by atomic mass is 35.5. The fourth-order valence-electron chi connectivity index (χ4n) is 0.292. The van der Waals surface area contributed by atoms with Crippen LogP contribution in [-0.4, -0.2) is 18.5 Å². The zero-order chi connectivity index (χ0) is 6.57. The Morgan fingerprint density at radius 3 is 2.50 bits per heavy atom. The van der Waals surface area contributed by atoms with E-state index < -0.39 is 5.56 Å². The number of hydrogen-bond acceptors (Lipinski definition) is 2. The van der Waals surface area contributed by atoms with Gasteiger partial charge in [0.15, 0.2) is 11.3 Å². The highest BCUT2D eigenvalue weighted by Gasteiger charge is 2.09. The molecule has 0 saturated heterocycles. The van der Waals surface area contributed by atoms with Crippen LogP contribution >= 0.6 is 11.6 Å². The van der Waals surface area contributed by atoms with Gasteiger partial charge in [0, 0.05) is 13.5 Å². The summed E-state index contributed by atoms with van der Waals surface area (Å²) < 4.78 is 4.52. The molecule has 2 nitrogen and oxygen atoms in total. The lowest BCUT2D eigenvalue weighted by Gasteiger charge is -2.01. The van der Waals surface area contributed by atoms with Gasteiger partial charge >= 0.3 is 0 Å². The van der Waals surface area contributed by atoms with Crippen LogP contribution < -0.4 is 0 Å². The molecule has 0 spiro atoms. The summed E-state index contributed by atoms with van der Waals surface area (Å²) in [7, 11) is 1.41. The average molecular weight is 137 g/mol. The number of rotatable bonds is 3. The first-order valence-electron chi connectivity index (χ1n) is 2.42. The van der Waals surface area contributed by atoms with E-state index in [2.05, 4.69) is 4.74 Å². The number of ether oxygens (including phenoxy) is 1. The number of halogens is 1. The first-order valence-corrected chi connectivity index (χ1v) is 2.85. The van der Waals surface area contributed by atoms with Crippen molar-refractivity contribution >= 4 is 17.4 Å². The highest BCUT2D eigenvalue weighted by molar-refractivity contribution is 6.29. The third-order valence-electron chi connectivity index (χ3n) is 0.809. The van der Waals surface area contributed by atoms with E-state index in [0.717, 1.165) is 0 Å². The van der Waals surface area contributed by atoms with Gasteiger partial charge in [0.2, 0.25) is 0 Å². The fourth-order valence-corrected chi connectivity index (χ4v) is 0.446. The second-order valence-electron chi connectivity index (χ2n) is 1.37. The minimum absolute atomic E-state index is 0.0748. The van der Waals surface area contributed by atoms with Crippen LogP contribution in [0, 0.1) is 0 Å². The van der Waals surface area contributed by atoms with Crippen molar-refractivity contribution in [3.63, 3.8) is 0 Å². The summed E-state index contributed by atoms with van der Waals surface area (Å²) in [6, 6.07) is 0. The molecule has 1 unspecified atom stereocenters. The lowest BCUT2D eigenvalue weighted by Crippen LogP contribution is -2.14. The van der Waals surface area contributed by atoms with Crippen LogP contribution in [0.25, 0.3) is 0 Å². The number of Topliss-reactive ketones (excluding diaryl/α,β-unsaturated/α-hetero) is 1. The molecule has 0 aliphatic rings. The molecule has 0 rings (SSSR count). The molecular weight excluding hydrogens is 128 g/mol. The molecule has 0 saturated carbocycles. The van der Waals surface area contributed by atoms with Gasteiger partial charge in [-0.2, -0.15) is 0 Å². The van der Waals surface area contributed by atoms with Crippen molar-refractivity contribution in [1.82, 2.24) is 0 Å². The zero-order valence-corrected chi connectivity index (χ0v) is 5.73. The van der Waals surface area contributed by atoms with Crippen LogP contribution in [0.15, 0.2) is 0 Å². The van der Waals surface area contributed by atoms with Crippen molar-refractivity contribution in [2.45, 2.75) is 18.9 Å². The van der Waals surface area contributed by atoms with Gasteiger partial charge in [0.05, 0.1) is 0 Å². The predicted octanol–water partition coefficient (Wildman–Crippen LogP) is 1.18. The molecule has 0 N–H and O–H groups in total. The second kappa shape index (κ2) is 3.87. The molecule has 0 amide bonds. The molecule has 0 aromatic carbocycles. The molecule has 1 atom stereocenters. The summed E-state index contributed by atoms with van der Waals surface area (Å²) in [5.41, 5.74) is -0.750. The third-order valence-corrected chi connectivity index (χ3v) is 1.23. The van der Waals surface area contributed by atoms with E-state index in [1.54, 1.807) is 6.92 Å². The van der Waals surface area contributed by atoms with Crippen LogP contribution in [0.4, 0.5) is 0 Å². The van der Waals surface area contributed by atoms with Crippen molar-refractivity contribution in [3.05, 3.63) is 0 Å². The largest absolute Gasteiger partial charge is 0.358 e. The Hall–Kier alpha value is -0.0800. The first kappa shape index (κ1) is 7.92. The van der Waals surface area contributed by atoms with E-state index in [1.165, 1.54) is 7.11 Å². The SMILES string of the molecule is CCC(=O)C(Cl)OC. The van der Waals surface area contributed by atoms with Gasteiger partial charge in [-0.05, 0) is 0 Å². The van der Waals surface area contributed by atoms with E-state index in [4.69, 9.17) is 11.6 Å². The van der Waals surface area contributed by atoms with Crippen LogP contribution in [0.5, 0.6) is 0 Å². The molecule has 48 valence electrons. The third kappa shape index (κ3) is 2.28.